The van der Waals surface area contributed by atoms with Gasteiger partial charge in [0.1, 0.15) is 0 Å². The molecule has 1 heterocycles. The van der Waals surface area contributed by atoms with Crippen molar-refractivity contribution in [2.75, 3.05) is 20.1 Å². The number of hydrogen-bond donors (Lipinski definition) is 1. The van der Waals surface area contributed by atoms with Gasteiger partial charge in [0.2, 0.25) is 0 Å². The van der Waals surface area contributed by atoms with Gasteiger partial charge in [0.15, 0.2) is 0 Å². The Morgan fingerprint density at radius 1 is 1.21 bits per heavy atom. The Bertz CT molecular complexity index is 453. The molecule has 0 saturated heterocycles. The third-order valence-electron chi connectivity index (χ3n) is 3.32. The maximum Gasteiger partial charge on any atom is 0.0473 e. The van der Waals surface area contributed by atoms with Gasteiger partial charge >= 0.3 is 0 Å². The Kier molecular flexibility index (Phi) is 5.58. The van der Waals surface area contributed by atoms with E-state index >= 15 is 0 Å². The van der Waals surface area contributed by atoms with Crippen LogP contribution in [0, 0.1) is 0 Å². The zero-order valence-electron chi connectivity index (χ0n) is 11.7. The first kappa shape index (κ1) is 14.3. The molecule has 0 aliphatic carbocycles. The first-order chi connectivity index (χ1) is 9.31. The highest BCUT2D eigenvalue weighted by Gasteiger charge is 2.16. The molecule has 0 aliphatic rings. The first-order valence-electron chi connectivity index (χ1n) is 6.78. The number of nitrogens with one attached hydrogen (secondary N) is 1. The van der Waals surface area contributed by atoms with E-state index in [1.165, 1.54) is 11.1 Å². The Labute approximate surface area is 120 Å². The molecule has 1 unspecified atom stereocenters. The van der Waals surface area contributed by atoms with E-state index in [0.717, 1.165) is 19.6 Å². The minimum absolute atomic E-state index is 0.418. The van der Waals surface area contributed by atoms with Crippen LogP contribution in [0.15, 0.2) is 47.2 Å². The van der Waals surface area contributed by atoms with Gasteiger partial charge in [-0.15, -0.1) is 0 Å². The molecule has 0 fully saturated rings. The molecule has 2 nitrogen and oxygen atoms in total. The van der Waals surface area contributed by atoms with Crippen LogP contribution in [0.25, 0.3) is 0 Å². The molecule has 0 saturated carbocycles. The molecular formula is C16H22N2S. The van der Waals surface area contributed by atoms with E-state index in [-0.39, 0.29) is 0 Å². The highest BCUT2D eigenvalue weighted by atomic mass is 32.1. The van der Waals surface area contributed by atoms with Gasteiger partial charge in [-0.3, -0.25) is 4.90 Å². The lowest BCUT2D eigenvalue weighted by Gasteiger charge is -2.28. The summed E-state index contributed by atoms with van der Waals surface area (Å²) in [5.74, 6) is 0. The van der Waals surface area contributed by atoms with Gasteiger partial charge in [0, 0.05) is 19.1 Å². The monoisotopic (exact) mass is 274 g/mol. The zero-order chi connectivity index (χ0) is 13.5. The second-order valence-electron chi connectivity index (χ2n) is 4.78. The normalized spacial score (nSPS) is 12.8. The van der Waals surface area contributed by atoms with Crippen LogP contribution in [0.1, 0.15) is 24.1 Å². The van der Waals surface area contributed by atoms with Gasteiger partial charge in [0.05, 0.1) is 0 Å². The third kappa shape index (κ3) is 4.16. The molecule has 2 rings (SSSR count). The zero-order valence-corrected chi connectivity index (χ0v) is 12.5. The maximum atomic E-state index is 3.47. The van der Waals surface area contributed by atoms with Crippen LogP contribution < -0.4 is 5.32 Å². The fraction of sp³-hybridized carbons (Fsp3) is 0.375. The van der Waals surface area contributed by atoms with E-state index in [9.17, 15) is 0 Å². The molecule has 0 radical (unpaired) electrons. The maximum absolute atomic E-state index is 3.47. The third-order valence-corrected chi connectivity index (χ3v) is 4.05. The minimum Gasteiger partial charge on any atom is -0.315 e. The van der Waals surface area contributed by atoms with E-state index in [0.29, 0.717) is 6.04 Å². The summed E-state index contributed by atoms with van der Waals surface area (Å²) >= 11 is 1.76. The topological polar surface area (TPSA) is 15.3 Å². The van der Waals surface area contributed by atoms with E-state index in [1.807, 2.05) is 0 Å². The van der Waals surface area contributed by atoms with Crippen molar-refractivity contribution in [3.05, 3.63) is 58.3 Å². The Balaban J connectivity index is 2.08. The summed E-state index contributed by atoms with van der Waals surface area (Å²) in [5, 5.41) is 7.84. The van der Waals surface area contributed by atoms with Gasteiger partial charge in [0.25, 0.3) is 0 Å². The fourth-order valence-corrected chi connectivity index (χ4v) is 2.93. The fourth-order valence-electron chi connectivity index (χ4n) is 2.27. The SMILES string of the molecule is CCNCC(c1ccccc1)N(C)Cc1ccsc1. The van der Waals surface area contributed by atoms with Gasteiger partial charge < -0.3 is 5.32 Å². The number of benzene rings is 1. The first-order valence-corrected chi connectivity index (χ1v) is 7.72. The standard InChI is InChI=1S/C16H22N2S/c1-3-17-11-16(15-7-5-4-6-8-15)18(2)12-14-9-10-19-13-14/h4-10,13,16-17H,3,11-12H2,1-2H3. The van der Waals surface area contributed by atoms with Crippen molar-refractivity contribution in [1.82, 2.24) is 10.2 Å². The summed E-state index contributed by atoms with van der Waals surface area (Å²) in [4.78, 5) is 2.42. The lowest BCUT2D eigenvalue weighted by molar-refractivity contribution is 0.231. The van der Waals surface area contributed by atoms with Crippen LogP contribution in [0.2, 0.25) is 0 Å². The lowest BCUT2D eigenvalue weighted by Crippen LogP contribution is -2.33. The highest BCUT2D eigenvalue weighted by molar-refractivity contribution is 7.07. The van der Waals surface area contributed by atoms with Crippen LogP contribution in [0.3, 0.4) is 0 Å². The summed E-state index contributed by atoms with van der Waals surface area (Å²) in [6.45, 7) is 5.14. The quantitative estimate of drug-likeness (QED) is 0.831. The molecule has 1 atom stereocenters. The Morgan fingerprint density at radius 2 is 2.00 bits per heavy atom. The molecule has 1 N–H and O–H groups in total. The van der Waals surface area contributed by atoms with Crippen molar-refractivity contribution in [1.29, 1.82) is 0 Å². The number of rotatable bonds is 7. The molecule has 1 aromatic carbocycles. The number of thiophene rings is 1. The molecule has 3 heteroatoms. The van der Waals surface area contributed by atoms with Crippen LogP contribution in [-0.4, -0.2) is 25.0 Å². The summed E-state index contributed by atoms with van der Waals surface area (Å²) < 4.78 is 0. The molecule has 0 bridgehead atoms. The van der Waals surface area contributed by atoms with Gasteiger partial charge in [-0.2, -0.15) is 11.3 Å². The summed E-state index contributed by atoms with van der Waals surface area (Å²) in [6.07, 6.45) is 0. The van der Waals surface area contributed by atoms with E-state index in [4.69, 9.17) is 0 Å². The van der Waals surface area contributed by atoms with Crippen LogP contribution in [0.4, 0.5) is 0 Å². The van der Waals surface area contributed by atoms with Crippen LogP contribution in [0.5, 0.6) is 0 Å². The van der Waals surface area contributed by atoms with E-state index in [2.05, 4.69) is 71.3 Å². The summed E-state index contributed by atoms with van der Waals surface area (Å²) in [5.41, 5.74) is 2.77. The molecule has 0 spiro atoms. The largest absolute Gasteiger partial charge is 0.315 e. The predicted octanol–water partition coefficient (Wildman–Crippen LogP) is 3.53. The van der Waals surface area contributed by atoms with Gasteiger partial charge in [-0.05, 0) is 41.5 Å². The van der Waals surface area contributed by atoms with E-state index in [1.54, 1.807) is 11.3 Å². The Hall–Kier alpha value is -1.16. The van der Waals surface area contributed by atoms with Gasteiger partial charge in [-0.25, -0.2) is 0 Å². The van der Waals surface area contributed by atoms with Crippen molar-refractivity contribution in [3.8, 4) is 0 Å². The molecule has 19 heavy (non-hydrogen) atoms. The number of likely N-dealkylation sites (N-methyl/N-ethyl adjacent to an activating group) is 2. The molecule has 1 aromatic heterocycles. The number of hydrogen-bond acceptors (Lipinski definition) is 3. The second kappa shape index (κ2) is 7.43. The smallest absolute Gasteiger partial charge is 0.0473 e. The second-order valence-corrected chi connectivity index (χ2v) is 5.56. The average Bonchev–Trinajstić information content (AvgIpc) is 2.93. The van der Waals surface area contributed by atoms with Crippen molar-refractivity contribution >= 4 is 11.3 Å². The van der Waals surface area contributed by atoms with Crippen LogP contribution >= 0.6 is 11.3 Å². The van der Waals surface area contributed by atoms with Crippen molar-refractivity contribution in [2.45, 2.75) is 19.5 Å². The Morgan fingerprint density at radius 3 is 2.63 bits per heavy atom. The minimum atomic E-state index is 0.418. The van der Waals surface area contributed by atoms with Crippen molar-refractivity contribution < 1.29 is 0 Å². The summed E-state index contributed by atoms with van der Waals surface area (Å²) in [7, 11) is 2.20. The van der Waals surface area contributed by atoms with Crippen LogP contribution in [-0.2, 0) is 6.54 Å². The van der Waals surface area contributed by atoms with E-state index < -0.39 is 0 Å². The van der Waals surface area contributed by atoms with Crippen molar-refractivity contribution in [3.63, 3.8) is 0 Å². The highest BCUT2D eigenvalue weighted by Crippen LogP contribution is 2.21. The molecule has 0 aliphatic heterocycles. The molecule has 0 amide bonds. The molecule has 2 aromatic rings. The molecular weight excluding hydrogens is 252 g/mol. The molecule has 102 valence electrons. The van der Waals surface area contributed by atoms with Crippen molar-refractivity contribution in [2.24, 2.45) is 0 Å². The summed E-state index contributed by atoms with van der Waals surface area (Å²) in [6, 6.07) is 13.4. The lowest BCUT2D eigenvalue weighted by atomic mass is 10.1. The number of nitrogens with zero attached hydrogens (tertiary/aromatic N) is 1. The predicted molar refractivity (Wildman–Crippen MR) is 83.5 cm³/mol. The average molecular weight is 274 g/mol. The van der Waals surface area contributed by atoms with Gasteiger partial charge in [-0.1, -0.05) is 37.3 Å².